The molecule has 1 fully saturated rings. The van der Waals surface area contributed by atoms with Gasteiger partial charge in [-0.2, -0.15) is 5.10 Å². The SMILES string of the molecule is CCn1c(C)c(C(=O)Nc2ccc(O)cc2)c(-c2cnn(C)c2)c1-c1cc(F)ccc1C(=O)N1Cc2ccccc2C[C@H]1CN1CCOCC1. The minimum Gasteiger partial charge on any atom is -0.508 e. The molecule has 10 nitrogen and oxygen atoms in total. The van der Waals surface area contributed by atoms with Crippen molar-refractivity contribution >= 4 is 17.5 Å². The minimum atomic E-state index is -0.487. The van der Waals surface area contributed by atoms with E-state index >= 15 is 4.39 Å². The van der Waals surface area contributed by atoms with E-state index in [1.54, 1.807) is 36.1 Å². The number of fused-ring (bicyclic) bond motifs is 1. The average molecular weight is 677 g/mol. The van der Waals surface area contributed by atoms with Gasteiger partial charge in [-0.25, -0.2) is 4.39 Å². The molecule has 0 spiro atoms. The topological polar surface area (TPSA) is 105 Å². The van der Waals surface area contributed by atoms with Crippen molar-refractivity contribution in [3.63, 3.8) is 0 Å². The van der Waals surface area contributed by atoms with Crippen molar-refractivity contribution in [2.45, 2.75) is 39.4 Å². The monoisotopic (exact) mass is 676 g/mol. The molecule has 4 heterocycles. The summed E-state index contributed by atoms with van der Waals surface area (Å²) in [5.41, 5.74) is 6.45. The molecule has 2 aliphatic rings. The highest BCUT2D eigenvalue weighted by Gasteiger charge is 2.35. The number of carbonyl (C=O) groups excluding carboxylic acids is 2. The quantitative estimate of drug-likeness (QED) is 0.199. The Balaban J connectivity index is 1.36. The molecule has 11 heteroatoms. The van der Waals surface area contributed by atoms with E-state index in [2.05, 4.69) is 27.4 Å². The number of carbonyl (C=O) groups is 2. The molecule has 0 unspecified atom stereocenters. The van der Waals surface area contributed by atoms with E-state index in [0.29, 0.717) is 84.2 Å². The first-order valence-corrected chi connectivity index (χ1v) is 17.0. The summed E-state index contributed by atoms with van der Waals surface area (Å²) in [6.45, 7) is 8.34. The first kappa shape index (κ1) is 33.2. The number of halogens is 1. The highest BCUT2D eigenvalue weighted by molar-refractivity contribution is 6.13. The molecule has 7 rings (SSSR count). The summed E-state index contributed by atoms with van der Waals surface area (Å²) >= 11 is 0. The predicted molar refractivity (Wildman–Crippen MR) is 190 cm³/mol. The van der Waals surface area contributed by atoms with E-state index in [-0.39, 0.29) is 23.6 Å². The number of phenolic OH excluding ortho intramolecular Hbond substituents is 1. The Labute approximate surface area is 290 Å². The summed E-state index contributed by atoms with van der Waals surface area (Å²) in [6.07, 6.45) is 4.20. The molecular weight excluding hydrogens is 635 g/mol. The van der Waals surface area contributed by atoms with Crippen LogP contribution in [0.3, 0.4) is 0 Å². The highest BCUT2D eigenvalue weighted by Crippen LogP contribution is 2.42. The number of rotatable bonds is 8. The van der Waals surface area contributed by atoms with Crippen molar-refractivity contribution in [2.75, 3.05) is 38.2 Å². The first-order valence-electron chi connectivity index (χ1n) is 17.0. The predicted octanol–water partition coefficient (Wildman–Crippen LogP) is 5.88. The number of aromatic hydroxyl groups is 1. The van der Waals surface area contributed by atoms with Crippen LogP contribution in [0.4, 0.5) is 10.1 Å². The molecule has 258 valence electrons. The number of nitrogens with zero attached hydrogens (tertiary/aromatic N) is 5. The molecule has 3 aromatic carbocycles. The van der Waals surface area contributed by atoms with Crippen molar-refractivity contribution in [3.05, 3.63) is 113 Å². The molecule has 0 radical (unpaired) electrons. The van der Waals surface area contributed by atoms with Gasteiger partial charge in [0.2, 0.25) is 0 Å². The molecule has 2 amide bonds. The summed E-state index contributed by atoms with van der Waals surface area (Å²) < 4.78 is 24.6. The van der Waals surface area contributed by atoms with Crippen LogP contribution >= 0.6 is 0 Å². The molecule has 2 aromatic heterocycles. The second-order valence-corrected chi connectivity index (χ2v) is 13.0. The van der Waals surface area contributed by atoms with E-state index in [0.717, 1.165) is 18.7 Å². The first-order chi connectivity index (χ1) is 24.2. The van der Waals surface area contributed by atoms with Crippen molar-refractivity contribution < 1.29 is 23.8 Å². The Hall–Kier alpha value is -5.26. The summed E-state index contributed by atoms with van der Waals surface area (Å²) in [4.78, 5) is 33.4. The van der Waals surface area contributed by atoms with Crippen LogP contribution < -0.4 is 5.32 Å². The second kappa shape index (κ2) is 13.9. The van der Waals surface area contributed by atoms with Crippen molar-refractivity contribution in [2.24, 2.45) is 7.05 Å². The maximum absolute atomic E-state index is 15.4. The van der Waals surface area contributed by atoms with Gasteiger partial charge >= 0.3 is 0 Å². The summed E-state index contributed by atoms with van der Waals surface area (Å²) in [5, 5.41) is 17.2. The number of phenols is 1. The smallest absolute Gasteiger partial charge is 0.258 e. The van der Waals surface area contributed by atoms with E-state index in [1.165, 1.54) is 29.8 Å². The number of aryl methyl sites for hydroxylation is 1. The zero-order chi connectivity index (χ0) is 34.9. The number of anilines is 1. The summed E-state index contributed by atoms with van der Waals surface area (Å²) in [7, 11) is 1.79. The third-order valence-corrected chi connectivity index (χ3v) is 9.84. The zero-order valence-corrected chi connectivity index (χ0v) is 28.5. The molecule has 2 N–H and O–H groups in total. The Morgan fingerprint density at radius 1 is 1.04 bits per heavy atom. The van der Waals surface area contributed by atoms with Crippen molar-refractivity contribution in [1.29, 1.82) is 0 Å². The van der Waals surface area contributed by atoms with Gasteiger partial charge in [0.25, 0.3) is 11.8 Å². The van der Waals surface area contributed by atoms with Crippen LogP contribution in [0.15, 0.2) is 79.1 Å². The lowest BCUT2D eigenvalue weighted by molar-refractivity contribution is 0.0193. The molecule has 1 saturated heterocycles. The summed E-state index contributed by atoms with van der Waals surface area (Å²) in [6, 6.07) is 18.7. The average Bonchev–Trinajstić information content (AvgIpc) is 3.68. The van der Waals surface area contributed by atoms with Crippen LogP contribution in [-0.4, -0.2) is 80.0 Å². The number of amides is 2. The van der Waals surface area contributed by atoms with Gasteiger partial charge in [0, 0.05) is 85.6 Å². The lowest BCUT2D eigenvalue weighted by Gasteiger charge is -2.40. The van der Waals surface area contributed by atoms with Gasteiger partial charge in [0.1, 0.15) is 11.6 Å². The molecule has 1 atom stereocenters. The van der Waals surface area contributed by atoms with Gasteiger partial charge in [-0.05, 0) is 73.9 Å². The number of hydrogen-bond donors (Lipinski definition) is 2. The van der Waals surface area contributed by atoms with E-state index in [4.69, 9.17) is 4.74 Å². The number of benzene rings is 3. The third-order valence-electron chi connectivity index (χ3n) is 9.84. The number of aromatic nitrogens is 3. The molecule has 0 saturated carbocycles. The van der Waals surface area contributed by atoms with E-state index in [1.807, 2.05) is 41.6 Å². The van der Waals surface area contributed by atoms with Crippen LogP contribution in [0.5, 0.6) is 5.75 Å². The maximum atomic E-state index is 15.4. The number of nitrogens with one attached hydrogen (secondary N) is 1. The maximum Gasteiger partial charge on any atom is 0.258 e. The molecule has 5 aromatic rings. The van der Waals surface area contributed by atoms with Crippen molar-refractivity contribution in [3.8, 4) is 28.1 Å². The Kier molecular flexibility index (Phi) is 9.26. The molecule has 0 bridgehead atoms. The number of hydrogen-bond acceptors (Lipinski definition) is 6. The molecule has 50 heavy (non-hydrogen) atoms. The minimum absolute atomic E-state index is 0.0855. The van der Waals surface area contributed by atoms with Crippen molar-refractivity contribution in [1.82, 2.24) is 24.1 Å². The fourth-order valence-corrected chi connectivity index (χ4v) is 7.38. The Bertz CT molecular complexity index is 2050. The largest absolute Gasteiger partial charge is 0.508 e. The van der Waals surface area contributed by atoms with Gasteiger partial charge in [-0.3, -0.25) is 19.2 Å². The van der Waals surface area contributed by atoms with Gasteiger partial charge in [-0.15, -0.1) is 0 Å². The van der Waals surface area contributed by atoms with Gasteiger partial charge in [0.15, 0.2) is 0 Å². The highest BCUT2D eigenvalue weighted by atomic mass is 19.1. The third kappa shape index (κ3) is 6.41. The van der Waals surface area contributed by atoms with Gasteiger partial charge in [-0.1, -0.05) is 24.3 Å². The molecule has 2 aliphatic heterocycles. The van der Waals surface area contributed by atoms with Crippen LogP contribution in [0, 0.1) is 12.7 Å². The second-order valence-electron chi connectivity index (χ2n) is 13.0. The van der Waals surface area contributed by atoms with Gasteiger partial charge < -0.3 is 24.6 Å². The van der Waals surface area contributed by atoms with Gasteiger partial charge in [0.05, 0.1) is 30.7 Å². The van der Waals surface area contributed by atoms with Crippen LogP contribution in [0.2, 0.25) is 0 Å². The standard InChI is InChI=1S/C39H41FN6O4/c1-4-45-25(2)35(38(48)42-30-10-12-32(47)13-11-30)36(28-21-41-43(3)22-28)37(45)34-20-29(40)9-14-33(34)39(49)46-23-27-8-6-5-7-26(27)19-31(46)24-44-15-17-50-18-16-44/h5-14,20-22,31,47H,4,15-19,23-24H2,1-3H3,(H,42,48)/t31-/m0/s1. The van der Waals surface area contributed by atoms with Crippen LogP contribution in [-0.2, 0) is 31.3 Å². The molecule has 0 aliphatic carbocycles. The Morgan fingerprint density at radius 2 is 1.78 bits per heavy atom. The lowest BCUT2D eigenvalue weighted by Crippen LogP contribution is -2.52. The number of morpholine rings is 1. The fraction of sp³-hybridized carbons (Fsp3) is 0.308. The fourth-order valence-electron chi connectivity index (χ4n) is 7.38. The summed E-state index contributed by atoms with van der Waals surface area (Å²) in [5.74, 6) is -0.967. The molecular formula is C39H41FN6O4. The van der Waals surface area contributed by atoms with Crippen LogP contribution in [0.1, 0.15) is 44.5 Å². The van der Waals surface area contributed by atoms with Crippen LogP contribution in [0.25, 0.3) is 22.4 Å². The number of ether oxygens (including phenoxy) is 1. The zero-order valence-electron chi connectivity index (χ0n) is 28.5. The lowest BCUT2D eigenvalue weighted by atomic mass is 9.91. The normalized spacial score (nSPS) is 16.3. The Morgan fingerprint density at radius 3 is 2.48 bits per heavy atom. The van der Waals surface area contributed by atoms with E-state index < -0.39 is 5.82 Å². The van der Waals surface area contributed by atoms with E-state index in [9.17, 15) is 14.7 Å².